The van der Waals surface area contributed by atoms with Crippen molar-refractivity contribution in [2.24, 2.45) is 5.73 Å². The van der Waals surface area contributed by atoms with Crippen LogP contribution in [0.5, 0.6) is 0 Å². The van der Waals surface area contributed by atoms with Crippen molar-refractivity contribution in [1.29, 1.82) is 0 Å². The van der Waals surface area contributed by atoms with E-state index in [1.54, 1.807) is 24.2 Å². The zero-order chi connectivity index (χ0) is 29.4. The van der Waals surface area contributed by atoms with E-state index in [-0.39, 0.29) is 12.8 Å². The molecular formula is C29H34N6O5S. The van der Waals surface area contributed by atoms with Gasteiger partial charge < -0.3 is 36.8 Å². The Labute approximate surface area is 241 Å². The number of fused-ring (bicyclic) bond motifs is 2. The number of aromatic amines is 2. The van der Waals surface area contributed by atoms with Crippen molar-refractivity contribution in [2.45, 2.75) is 37.4 Å². The summed E-state index contributed by atoms with van der Waals surface area (Å²) in [6.45, 7) is -0.463. The van der Waals surface area contributed by atoms with E-state index in [1.165, 1.54) is 0 Å². The molecule has 0 saturated carbocycles. The van der Waals surface area contributed by atoms with Crippen LogP contribution >= 0.6 is 11.8 Å². The Morgan fingerprint density at radius 2 is 1.41 bits per heavy atom. The fourth-order valence-corrected chi connectivity index (χ4v) is 5.13. The lowest BCUT2D eigenvalue weighted by atomic mass is 10.0. The second-order valence-corrected chi connectivity index (χ2v) is 10.7. The third-order valence-corrected chi connectivity index (χ3v) is 7.50. The van der Waals surface area contributed by atoms with Crippen LogP contribution in [0.3, 0.4) is 0 Å². The number of carboxylic acids is 1. The molecule has 8 N–H and O–H groups in total. The molecule has 0 aliphatic carbocycles. The number of hydrogen-bond donors (Lipinski definition) is 7. The van der Waals surface area contributed by atoms with Crippen molar-refractivity contribution in [3.63, 3.8) is 0 Å². The first-order valence-electron chi connectivity index (χ1n) is 13.2. The molecule has 3 unspecified atom stereocenters. The molecule has 12 heteroatoms. The van der Waals surface area contributed by atoms with Crippen molar-refractivity contribution in [3.8, 4) is 0 Å². The van der Waals surface area contributed by atoms with Gasteiger partial charge in [-0.25, -0.2) is 4.79 Å². The topological polar surface area (TPSA) is 182 Å². The standard InChI is InChI=1S/C29H34N6O5S/c1-41-11-10-21(30)27(37)35-24(12-17-14-31-22-8-4-2-6-19(17)22)28(38)33-16-26(36)34-25(29(39)40)13-18-15-32-23-9-5-3-7-20(18)23/h2-9,14-15,21,24-25,31-32H,10-13,16,30H2,1H3,(H,33,38)(H,34,36)(H,35,37)(H,39,40). The molecular weight excluding hydrogens is 544 g/mol. The number of para-hydroxylation sites is 2. The lowest BCUT2D eigenvalue weighted by Gasteiger charge is -2.21. The Kier molecular flexibility index (Phi) is 10.0. The smallest absolute Gasteiger partial charge is 0.326 e. The lowest BCUT2D eigenvalue weighted by molar-refractivity contribution is -0.141. The molecule has 0 aliphatic rings. The highest BCUT2D eigenvalue weighted by Gasteiger charge is 2.27. The molecule has 0 fully saturated rings. The summed E-state index contributed by atoms with van der Waals surface area (Å²) in [6.07, 6.45) is 6.08. The van der Waals surface area contributed by atoms with Crippen molar-refractivity contribution in [2.75, 3.05) is 18.6 Å². The number of carbonyl (C=O) groups excluding carboxylic acids is 3. The maximum Gasteiger partial charge on any atom is 0.326 e. The Morgan fingerprint density at radius 1 is 0.854 bits per heavy atom. The van der Waals surface area contributed by atoms with Gasteiger partial charge in [0, 0.05) is 47.0 Å². The number of nitrogens with one attached hydrogen (secondary N) is 5. The zero-order valence-corrected chi connectivity index (χ0v) is 23.4. The van der Waals surface area contributed by atoms with Gasteiger partial charge in [0.2, 0.25) is 17.7 Å². The SMILES string of the molecule is CSCCC(N)C(=O)NC(Cc1c[nH]c2ccccc12)C(=O)NCC(=O)NC(Cc1c[nH]c2ccccc12)C(=O)O. The molecule has 4 rings (SSSR count). The summed E-state index contributed by atoms with van der Waals surface area (Å²) in [7, 11) is 0. The zero-order valence-electron chi connectivity index (χ0n) is 22.6. The van der Waals surface area contributed by atoms with Crippen LogP contribution in [0.1, 0.15) is 17.5 Å². The molecule has 216 valence electrons. The Balaban J connectivity index is 1.41. The van der Waals surface area contributed by atoms with Crippen LogP contribution < -0.4 is 21.7 Å². The second kappa shape index (κ2) is 13.9. The number of aliphatic carboxylic acids is 1. The molecule has 41 heavy (non-hydrogen) atoms. The summed E-state index contributed by atoms with van der Waals surface area (Å²) in [5.74, 6) is -2.22. The van der Waals surface area contributed by atoms with Gasteiger partial charge in [-0.15, -0.1) is 0 Å². The normalized spacial score (nSPS) is 13.4. The van der Waals surface area contributed by atoms with Gasteiger partial charge in [0.1, 0.15) is 12.1 Å². The molecule has 0 spiro atoms. The summed E-state index contributed by atoms with van der Waals surface area (Å²) in [5.41, 5.74) is 9.34. The molecule has 0 saturated heterocycles. The third-order valence-electron chi connectivity index (χ3n) is 6.86. The van der Waals surface area contributed by atoms with Crippen molar-refractivity contribution >= 4 is 57.3 Å². The average Bonchev–Trinajstić information content (AvgIpc) is 3.57. The van der Waals surface area contributed by atoms with Gasteiger partial charge in [-0.2, -0.15) is 11.8 Å². The van der Waals surface area contributed by atoms with Gasteiger partial charge in [0.15, 0.2) is 0 Å². The minimum absolute atomic E-state index is 0.0617. The molecule has 3 atom stereocenters. The first kappa shape index (κ1) is 29.7. The fourth-order valence-electron chi connectivity index (χ4n) is 4.64. The maximum absolute atomic E-state index is 13.2. The van der Waals surface area contributed by atoms with E-state index in [1.807, 2.05) is 54.8 Å². The number of H-pyrrole nitrogens is 2. The molecule has 2 aromatic heterocycles. The van der Waals surface area contributed by atoms with Crippen LogP contribution in [0.25, 0.3) is 21.8 Å². The summed E-state index contributed by atoms with van der Waals surface area (Å²) in [6, 6.07) is 12.1. The number of nitrogens with two attached hydrogens (primary N) is 1. The van der Waals surface area contributed by atoms with E-state index in [2.05, 4.69) is 25.9 Å². The van der Waals surface area contributed by atoms with E-state index >= 15 is 0 Å². The van der Waals surface area contributed by atoms with Crippen LogP contribution in [0, 0.1) is 0 Å². The van der Waals surface area contributed by atoms with Crippen LogP contribution in [0.2, 0.25) is 0 Å². The van der Waals surface area contributed by atoms with Crippen LogP contribution in [-0.2, 0) is 32.0 Å². The lowest BCUT2D eigenvalue weighted by Crippen LogP contribution is -2.54. The second-order valence-electron chi connectivity index (χ2n) is 9.75. The Bertz CT molecular complexity index is 1530. The van der Waals surface area contributed by atoms with E-state index in [0.717, 1.165) is 32.9 Å². The molecule has 0 bridgehead atoms. The predicted molar refractivity (Wildman–Crippen MR) is 159 cm³/mol. The largest absolute Gasteiger partial charge is 0.480 e. The molecule has 0 aliphatic heterocycles. The number of thioether (sulfide) groups is 1. The number of carboxylic acid groups (broad SMARTS) is 1. The fraction of sp³-hybridized carbons (Fsp3) is 0.310. The number of benzene rings is 2. The van der Waals surface area contributed by atoms with Crippen molar-refractivity contribution in [1.82, 2.24) is 25.9 Å². The Hall–Kier alpha value is -4.29. The van der Waals surface area contributed by atoms with Crippen molar-refractivity contribution in [3.05, 3.63) is 72.1 Å². The molecule has 0 radical (unpaired) electrons. The average molecular weight is 579 g/mol. The van der Waals surface area contributed by atoms with E-state index in [0.29, 0.717) is 12.2 Å². The molecule has 2 aromatic carbocycles. The highest BCUT2D eigenvalue weighted by Crippen LogP contribution is 2.20. The van der Waals surface area contributed by atoms with Gasteiger partial charge in [0.05, 0.1) is 12.6 Å². The monoisotopic (exact) mass is 578 g/mol. The summed E-state index contributed by atoms with van der Waals surface area (Å²) in [4.78, 5) is 56.9. The predicted octanol–water partition coefficient (Wildman–Crippen LogP) is 1.69. The van der Waals surface area contributed by atoms with Gasteiger partial charge >= 0.3 is 5.97 Å². The first-order valence-corrected chi connectivity index (χ1v) is 14.6. The number of aromatic nitrogens is 2. The molecule has 11 nitrogen and oxygen atoms in total. The molecule has 4 aromatic rings. The number of carbonyl (C=O) groups is 4. The van der Waals surface area contributed by atoms with Crippen LogP contribution in [-0.4, -0.2) is 75.4 Å². The van der Waals surface area contributed by atoms with Crippen LogP contribution in [0.15, 0.2) is 60.9 Å². The van der Waals surface area contributed by atoms with Gasteiger partial charge in [-0.3, -0.25) is 14.4 Å². The highest BCUT2D eigenvalue weighted by molar-refractivity contribution is 7.98. The first-order chi connectivity index (χ1) is 19.8. The van der Waals surface area contributed by atoms with Gasteiger partial charge in [0.25, 0.3) is 0 Å². The molecule has 2 heterocycles. The number of amides is 3. The van der Waals surface area contributed by atoms with E-state index in [4.69, 9.17) is 5.73 Å². The van der Waals surface area contributed by atoms with E-state index < -0.39 is 48.4 Å². The Morgan fingerprint density at radius 3 is 1.98 bits per heavy atom. The molecule has 3 amide bonds. The minimum atomic E-state index is -1.20. The quantitative estimate of drug-likeness (QED) is 0.119. The summed E-state index contributed by atoms with van der Waals surface area (Å²) in [5, 5.41) is 19.3. The van der Waals surface area contributed by atoms with Crippen LogP contribution in [0.4, 0.5) is 0 Å². The number of hydrogen-bond acceptors (Lipinski definition) is 6. The minimum Gasteiger partial charge on any atom is -0.480 e. The van der Waals surface area contributed by atoms with E-state index in [9.17, 15) is 24.3 Å². The third kappa shape index (κ3) is 7.68. The summed E-state index contributed by atoms with van der Waals surface area (Å²) < 4.78 is 0. The van der Waals surface area contributed by atoms with Gasteiger partial charge in [-0.1, -0.05) is 36.4 Å². The maximum atomic E-state index is 13.2. The summed E-state index contributed by atoms with van der Waals surface area (Å²) >= 11 is 1.57. The van der Waals surface area contributed by atoms with Crippen molar-refractivity contribution < 1.29 is 24.3 Å². The highest BCUT2D eigenvalue weighted by atomic mass is 32.2. The van der Waals surface area contributed by atoms with Gasteiger partial charge in [-0.05, 0) is 41.7 Å². The number of rotatable bonds is 14.